The Hall–Kier alpha value is -1.10. The first-order valence-electron chi connectivity index (χ1n) is 7.24. The molecule has 1 aliphatic rings. The van der Waals surface area contributed by atoms with Gasteiger partial charge < -0.3 is 19.5 Å². The number of methoxy groups -OCH3 is 2. The highest BCUT2D eigenvalue weighted by Gasteiger charge is 2.34. The third kappa shape index (κ3) is 3.32. The van der Waals surface area contributed by atoms with Gasteiger partial charge in [0.2, 0.25) is 0 Å². The van der Waals surface area contributed by atoms with E-state index in [0.717, 1.165) is 18.7 Å². The third-order valence-corrected chi connectivity index (χ3v) is 3.71. The van der Waals surface area contributed by atoms with Gasteiger partial charge in [0, 0.05) is 13.5 Å². The molecule has 0 fully saturated rings. The monoisotopic (exact) mass is 279 g/mol. The second-order valence-electron chi connectivity index (χ2n) is 5.24. The molecule has 0 heterocycles. The van der Waals surface area contributed by atoms with Crippen LogP contribution in [-0.4, -0.2) is 39.6 Å². The molecule has 0 saturated heterocycles. The summed E-state index contributed by atoms with van der Waals surface area (Å²) in [6.45, 7) is 5.71. The summed E-state index contributed by atoms with van der Waals surface area (Å²) in [7, 11) is 3.41. The van der Waals surface area contributed by atoms with E-state index in [-0.39, 0.29) is 18.2 Å². The van der Waals surface area contributed by atoms with E-state index in [1.54, 1.807) is 14.2 Å². The van der Waals surface area contributed by atoms with Crippen molar-refractivity contribution in [1.82, 2.24) is 5.32 Å². The maximum absolute atomic E-state index is 6.14. The standard InChI is InChI=1S/C16H25NO3/c1-5-17-16-14-9-13(19-4)7-6-12(14)8-15(16)20-11(2)10-18-3/h6-7,9,11,15-17H,5,8,10H2,1-4H3. The number of nitrogens with one attached hydrogen (secondary N) is 1. The topological polar surface area (TPSA) is 39.7 Å². The van der Waals surface area contributed by atoms with Gasteiger partial charge in [0.1, 0.15) is 5.75 Å². The molecule has 1 aromatic carbocycles. The Labute approximate surface area is 121 Å². The third-order valence-electron chi connectivity index (χ3n) is 3.71. The van der Waals surface area contributed by atoms with Crippen LogP contribution in [0.15, 0.2) is 18.2 Å². The average Bonchev–Trinajstić information content (AvgIpc) is 2.76. The normalized spacial score (nSPS) is 22.6. The predicted octanol–water partition coefficient (Wildman–Crippen LogP) is 2.32. The zero-order chi connectivity index (χ0) is 14.5. The van der Waals surface area contributed by atoms with Crippen LogP contribution in [-0.2, 0) is 15.9 Å². The van der Waals surface area contributed by atoms with E-state index in [0.29, 0.717) is 6.61 Å². The molecule has 1 aromatic rings. The van der Waals surface area contributed by atoms with Gasteiger partial charge in [-0.25, -0.2) is 0 Å². The molecule has 0 aliphatic heterocycles. The molecular weight excluding hydrogens is 254 g/mol. The van der Waals surface area contributed by atoms with Crippen LogP contribution in [0, 0.1) is 0 Å². The van der Waals surface area contributed by atoms with Crippen LogP contribution in [0.5, 0.6) is 5.75 Å². The number of likely N-dealkylation sites (N-methyl/N-ethyl adjacent to an activating group) is 1. The predicted molar refractivity (Wildman–Crippen MR) is 79.3 cm³/mol. The number of fused-ring (bicyclic) bond motifs is 1. The number of ether oxygens (including phenoxy) is 3. The van der Waals surface area contributed by atoms with Gasteiger partial charge in [0.05, 0.1) is 32.0 Å². The summed E-state index contributed by atoms with van der Waals surface area (Å²) < 4.78 is 16.6. The minimum Gasteiger partial charge on any atom is -0.497 e. The smallest absolute Gasteiger partial charge is 0.119 e. The highest BCUT2D eigenvalue weighted by Crippen LogP contribution is 2.36. The van der Waals surface area contributed by atoms with Gasteiger partial charge in [-0.2, -0.15) is 0 Å². The van der Waals surface area contributed by atoms with Crippen molar-refractivity contribution in [2.75, 3.05) is 27.4 Å². The first kappa shape index (κ1) is 15.3. The van der Waals surface area contributed by atoms with Crippen LogP contribution in [0.2, 0.25) is 0 Å². The van der Waals surface area contributed by atoms with Crippen LogP contribution in [0.4, 0.5) is 0 Å². The lowest BCUT2D eigenvalue weighted by atomic mass is 10.1. The summed E-state index contributed by atoms with van der Waals surface area (Å²) in [4.78, 5) is 0. The minimum atomic E-state index is 0.0994. The van der Waals surface area contributed by atoms with Crippen LogP contribution < -0.4 is 10.1 Å². The molecule has 1 aliphatic carbocycles. The van der Waals surface area contributed by atoms with Crippen molar-refractivity contribution < 1.29 is 14.2 Å². The summed E-state index contributed by atoms with van der Waals surface area (Å²) in [5.41, 5.74) is 2.63. The second-order valence-corrected chi connectivity index (χ2v) is 5.24. The van der Waals surface area contributed by atoms with Crippen molar-refractivity contribution in [2.45, 2.75) is 38.5 Å². The maximum atomic E-state index is 6.14. The zero-order valence-corrected chi connectivity index (χ0v) is 12.8. The van der Waals surface area contributed by atoms with Crippen LogP contribution in [0.25, 0.3) is 0 Å². The molecule has 0 spiro atoms. The Morgan fingerprint density at radius 2 is 2.15 bits per heavy atom. The fraction of sp³-hybridized carbons (Fsp3) is 0.625. The lowest BCUT2D eigenvalue weighted by Gasteiger charge is -2.25. The first-order chi connectivity index (χ1) is 9.69. The lowest BCUT2D eigenvalue weighted by molar-refractivity contribution is -0.0482. The number of hydrogen-bond acceptors (Lipinski definition) is 4. The summed E-state index contributed by atoms with van der Waals surface area (Å²) >= 11 is 0. The van der Waals surface area contributed by atoms with Crippen molar-refractivity contribution in [3.63, 3.8) is 0 Å². The van der Waals surface area contributed by atoms with Crippen molar-refractivity contribution in [1.29, 1.82) is 0 Å². The molecule has 0 aromatic heterocycles. The first-order valence-corrected chi connectivity index (χ1v) is 7.24. The Morgan fingerprint density at radius 1 is 1.35 bits per heavy atom. The van der Waals surface area contributed by atoms with Gasteiger partial charge in [-0.05, 0) is 36.7 Å². The number of hydrogen-bond donors (Lipinski definition) is 1. The maximum Gasteiger partial charge on any atom is 0.119 e. The van der Waals surface area contributed by atoms with E-state index < -0.39 is 0 Å². The van der Waals surface area contributed by atoms with Gasteiger partial charge in [0.25, 0.3) is 0 Å². The van der Waals surface area contributed by atoms with Gasteiger partial charge in [0.15, 0.2) is 0 Å². The van der Waals surface area contributed by atoms with E-state index in [4.69, 9.17) is 14.2 Å². The summed E-state index contributed by atoms with van der Waals surface area (Å²) in [6.07, 6.45) is 1.19. The summed E-state index contributed by atoms with van der Waals surface area (Å²) in [5.74, 6) is 0.900. The Bertz CT molecular complexity index is 436. The van der Waals surface area contributed by atoms with Crippen LogP contribution in [0.3, 0.4) is 0 Å². The van der Waals surface area contributed by atoms with Crippen molar-refractivity contribution in [3.05, 3.63) is 29.3 Å². The molecule has 1 N–H and O–H groups in total. The molecule has 112 valence electrons. The molecule has 4 nitrogen and oxygen atoms in total. The van der Waals surface area contributed by atoms with Crippen LogP contribution in [0.1, 0.15) is 31.0 Å². The van der Waals surface area contributed by atoms with E-state index in [1.165, 1.54) is 11.1 Å². The molecule has 0 bridgehead atoms. The Balaban J connectivity index is 2.16. The van der Waals surface area contributed by atoms with Crippen LogP contribution >= 0.6 is 0 Å². The van der Waals surface area contributed by atoms with E-state index >= 15 is 0 Å². The van der Waals surface area contributed by atoms with Gasteiger partial charge >= 0.3 is 0 Å². The lowest BCUT2D eigenvalue weighted by Crippen LogP contribution is -2.34. The van der Waals surface area contributed by atoms with Crippen molar-refractivity contribution in [3.8, 4) is 5.75 Å². The average molecular weight is 279 g/mol. The highest BCUT2D eigenvalue weighted by molar-refractivity contribution is 5.42. The van der Waals surface area contributed by atoms with E-state index in [9.17, 15) is 0 Å². The molecule has 2 rings (SSSR count). The van der Waals surface area contributed by atoms with Crippen molar-refractivity contribution in [2.24, 2.45) is 0 Å². The largest absolute Gasteiger partial charge is 0.497 e. The quantitative estimate of drug-likeness (QED) is 0.831. The number of rotatable bonds is 7. The minimum absolute atomic E-state index is 0.0994. The molecule has 3 unspecified atom stereocenters. The molecule has 0 saturated carbocycles. The summed E-state index contributed by atoms with van der Waals surface area (Å²) in [5, 5.41) is 3.53. The fourth-order valence-corrected chi connectivity index (χ4v) is 2.87. The Morgan fingerprint density at radius 3 is 2.80 bits per heavy atom. The van der Waals surface area contributed by atoms with Gasteiger partial charge in [-0.3, -0.25) is 0 Å². The Kier molecular flexibility index (Phi) is 5.40. The van der Waals surface area contributed by atoms with E-state index in [2.05, 4.69) is 31.3 Å². The molecule has 0 radical (unpaired) electrons. The van der Waals surface area contributed by atoms with Gasteiger partial charge in [-0.1, -0.05) is 13.0 Å². The van der Waals surface area contributed by atoms with Crippen molar-refractivity contribution >= 4 is 0 Å². The molecule has 0 amide bonds. The molecule has 4 heteroatoms. The van der Waals surface area contributed by atoms with E-state index in [1.807, 2.05) is 6.07 Å². The second kappa shape index (κ2) is 7.07. The molecule has 20 heavy (non-hydrogen) atoms. The molecule has 3 atom stereocenters. The SMILES string of the molecule is CCNC1c2cc(OC)ccc2CC1OC(C)COC. The van der Waals surface area contributed by atoms with Gasteiger partial charge in [-0.15, -0.1) is 0 Å². The highest BCUT2D eigenvalue weighted by atomic mass is 16.5. The summed E-state index contributed by atoms with van der Waals surface area (Å²) in [6, 6.07) is 6.50. The zero-order valence-electron chi connectivity index (χ0n) is 12.8. The molecular formula is C16H25NO3. The fourth-order valence-electron chi connectivity index (χ4n) is 2.87. The number of benzene rings is 1.